The molecule has 0 aliphatic rings. The van der Waals surface area contributed by atoms with Gasteiger partial charge >= 0.3 is 27.2 Å². The smallest absolute Gasteiger partial charge is 0.291 e. The van der Waals surface area contributed by atoms with Crippen LogP contribution in [0.5, 0.6) is 0 Å². The van der Waals surface area contributed by atoms with Gasteiger partial charge in [-0.2, -0.15) is 30.9 Å². The number of halogens is 4. The molecular formula is C25H17F4N3Pt. The first-order valence-electron chi connectivity index (χ1n) is 9.71. The monoisotopic (exact) mass is 630 g/mol. The van der Waals surface area contributed by atoms with Crippen LogP contribution in [-0.2, 0) is 32.7 Å². The predicted molar refractivity (Wildman–Crippen MR) is 112 cm³/mol. The van der Waals surface area contributed by atoms with Crippen LogP contribution >= 0.6 is 0 Å². The van der Waals surface area contributed by atoms with E-state index in [4.69, 9.17) is 0 Å². The van der Waals surface area contributed by atoms with Crippen molar-refractivity contribution in [2.24, 2.45) is 0 Å². The Hall–Kier alpha value is -2.92. The second-order valence-corrected chi connectivity index (χ2v) is 7.74. The summed E-state index contributed by atoms with van der Waals surface area (Å²) in [5.74, 6) is -0.493. The minimum atomic E-state index is -4.59. The van der Waals surface area contributed by atoms with E-state index in [1.165, 1.54) is 30.6 Å². The van der Waals surface area contributed by atoms with Crippen LogP contribution in [0.2, 0.25) is 0 Å². The molecule has 2 aromatic carbocycles. The normalized spacial score (nSPS) is 11.7. The molecule has 4 rings (SSSR count). The van der Waals surface area contributed by atoms with E-state index in [1.54, 1.807) is 38.2 Å². The van der Waals surface area contributed by atoms with Crippen LogP contribution in [0.4, 0.5) is 17.6 Å². The first-order valence-corrected chi connectivity index (χ1v) is 9.71. The minimum Gasteiger partial charge on any atom is -0.291 e. The number of aromatic nitrogens is 3. The van der Waals surface area contributed by atoms with Crippen molar-refractivity contribution in [1.82, 2.24) is 15.0 Å². The van der Waals surface area contributed by atoms with Crippen LogP contribution < -0.4 is 0 Å². The molecule has 0 N–H and O–H groups in total. The zero-order chi connectivity index (χ0) is 22.9. The van der Waals surface area contributed by atoms with Gasteiger partial charge in [0.1, 0.15) is 0 Å². The third-order valence-electron chi connectivity index (χ3n) is 5.14. The van der Waals surface area contributed by atoms with Crippen molar-refractivity contribution in [2.45, 2.75) is 25.4 Å². The predicted octanol–water partition coefficient (Wildman–Crippen LogP) is 6.29. The Kier molecular flexibility index (Phi) is 7.13. The molecular weight excluding hydrogens is 613 g/mol. The standard InChI is InChI=1S/C25H17F4N3.Pt/c1-24(2,17-6-5-7-20(26)13-17)18-10-16(11-19(12-18)25(27,28)29)22-14-30-15-23(32-22)21-8-3-4-9-31-21;/h3-5,7-9,11-15H,1-2H3;/q-2;+2. The van der Waals surface area contributed by atoms with E-state index in [-0.39, 0.29) is 37.9 Å². The van der Waals surface area contributed by atoms with E-state index in [1.807, 2.05) is 0 Å². The van der Waals surface area contributed by atoms with Crippen LogP contribution in [0, 0.1) is 17.9 Å². The van der Waals surface area contributed by atoms with Crippen molar-refractivity contribution in [3.05, 3.63) is 102 Å². The van der Waals surface area contributed by atoms with Gasteiger partial charge in [0.15, 0.2) is 0 Å². The zero-order valence-corrected chi connectivity index (χ0v) is 19.8. The van der Waals surface area contributed by atoms with Crippen LogP contribution in [0.3, 0.4) is 0 Å². The summed E-state index contributed by atoms with van der Waals surface area (Å²) in [7, 11) is 0. The number of rotatable bonds is 4. The molecule has 0 saturated carbocycles. The Morgan fingerprint density at radius 2 is 1.64 bits per heavy atom. The van der Waals surface area contributed by atoms with Gasteiger partial charge in [0.25, 0.3) is 0 Å². The molecule has 0 radical (unpaired) electrons. The van der Waals surface area contributed by atoms with Crippen LogP contribution in [0.15, 0.2) is 67.1 Å². The van der Waals surface area contributed by atoms with Gasteiger partial charge in [0.05, 0.1) is 17.6 Å². The zero-order valence-electron chi connectivity index (χ0n) is 17.5. The summed E-state index contributed by atoms with van der Waals surface area (Å²) in [5, 5.41) is 0. The van der Waals surface area contributed by atoms with E-state index in [0.717, 1.165) is 12.1 Å². The van der Waals surface area contributed by atoms with Crippen molar-refractivity contribution >= 4 is 0 Å². The summed E-state index contributed by atoms with van der Waals surface area (Å²) >= 11 is 0. The average Bonchev–Trinajstić information content (AvgIpc) is 2.79. The van der Waals surface area contributed by atoms with E-state index < -0.39 is 23.0 Å². The number of nitrogens with zero attached hydrogens (tertiary/aromatic N) is 3. The maximum Gasteiger partial charge on any atom is 2.00 e. The molecule has 0 saturated heterocycles. The number of alkyl halides is 3. The second kappa shape index (κ2) is 9.52. The molecule has 0 spiro atoms. The Balaban J connectivity index is 0.00000306. The fraction of sp³-hybridized carbons (Fsp3) is 0.160. The quantitative estimate of drug-likeness (QED) is 0.197. The minimum absolute atomic E-state index is 0. The van der Waals surface area contributed by atoms with Crippen LogP contribution in [0.25, 0.3) is 22.6 Å². The molecule has 0 amide bonds. The first-order chi connectivity index (χ1) is 15.1. The van der Waals surface area contributed by atoms with Gasteiger partial charge in [-0.15, -0.1) is 41.5 Å². The van der Waals surface area contributed by atoms with Crippen molar-refractivity contribution in [3.63, 3.8) is 0 Å². The summed E-state index contributed by atoms with van der Waals surface area (Å²) in [6.07, 6.45) is -0.127. The summed E-state index contributed by atoms with van der Waals surface area (Å²) in [6.45, 7) is 3.40. The van der Waals surface area contributed by atoms with Gasteiger partial charge in [-0.3, -0.25) is 15.0 Å². The van der Waals surface area contributed by atoms with Gasteiger partial charge < -0.3 is 0 Å². The molecule has 0 fully saturated rings. The number of pyridine rings is 1. The average molecular weight is 631 g/mol. The molecule has 2 heterocycles. The molecule has 0 atom stereocenters. The third-order valence-corrected chi connectivity index (χ3v) is 5.14. The van der Waals surface area contributed by atoms with Crippen molar-refractivity contribution in [3.8, 4) is 22.6 Å². The molecule has 33 heavy (non-hydrogen) atoms. The van der Waals surface area contributed by atoms with E-state index >= 15 is 0 Å². The number of hydrogen-bond acceptors (Lipinski definition) is 3. The molecule has 2 aromatic heterocycles. The SMILES string of the molecule is CC(C)(c1[c-]ccc(F)c1)c1[c-]c(-c2cncc(-c3ccccn3)n2)cc(C(F)(F)F)c1.[Pt+2]. The maximum atomic E-state index is 13.8. The number of benzene rings is 2. The van der Waals surface area contributed by atoms with Crippen molar-refractivity contribution < 1.29 is 38.6 Å². The van der Waals surface area contributed by atoms with Crippen molar-refractivity contribution in [2.75, 3.05) is 0 Å². The Morgan fingerprint density at radius 3 is 2.30 bits per heavy atom. The second-order valence-electron chi connectivity index (χ2n) is 7.74. The fourth-order valence-corrected chi connectivity index (χ4v) is 3.29. The van der Waals surface area contributed by atoms with Gasteiger partial charge in [-0.05, 0) is 23.1 Å². The first kappa shape index (κ1) is 24.7. The Morgan fingerprint density at radius 1 is 0.879 bits per heavy atom. The van der Waals surface area contributed by atoms with Gasteiger partial charge in [-0.25, -0.2) is 4.39 Å². The molecule has 0 aliphatic heterocycles. The largest absolute Gasteiger partial charge is 2.00 e. The van der Waals surface area contributed by atoms with Crippen molar-refractivity contribution in [1.29, 1.82) is 0 Å². The van der Waals surface area contributed by atoms with E-state index in [0.29, 0.717) is 17.0 Å². The van der Waals surface area contributed by atoms with E-state index in [9.17, 15) is 17.6 Å². The topological polar surface area (TPSA) is 38.7 Å². The molecule has 170 valence electrons. The fourth-order valence-electron chi connectivity index (χ4n) is 3.29. The van der Waals surface area contributed by atoms with Gasteiger partial charge in [0, 0.05) is 23.9 Å². The summed E-state index contributed by atoms with van der Waals surface area (Å²) in [6, 6.07) is 17.1. The Bertz CT molecular complexity index is 1260. The summed E-state index contributed by atoms with van der Waals surface area (Å²) in [5.41, 5.74) is 0.114. The number of hydrogen-bond donors (Lipinski definition) is 0. The molecule has 4 aromatic rings. The maximum absolute atomic E-state index is 13.8. The van der Waals surface area contributed by atoms with Crippen LogP contribution in [0.1, 0.15) is 30.5 Å². The third kappa shape index (κ3) is 5.36. The van der Waals surface area contributed by atoms with E-state index in [2.05, 4.69) is 27.1 Å². The van der Waals surface area contributed by atoms with Crippen LogP contribution in [-0.4, -0.2) is 15.0 Å². The Labute approximate surface area is 203 Å². The molecule has 3 nitrogen and oxygen atoms in total. The molecule has 8 heteroatoms. The van der Waals surface area contributed by atoms with Gasteiger partial charge in [0.2, 0.25) is 0 Å². The summed E-state index contributed by atoms with van der Waals surface area (Å²) < 4.78 is 55.0. The summed E-state index contributed by atoms with van der Waals surface area (Å²) in [4.78, 5) is 12.8. The molecule has 0 aliphatic carbocycles. The molecule has 0 bridgehead atoms. The van der Waals surface area contributed by atoms with Gasteiger partial charge in [-0.1, -0.05) is 19.9 Å². The molecule has 0 unspecified atom stereocenters.